The van der Waals surface area contributed by atoms with Gasteiger partial charge in [-0.05, 0) is 39.0 Å². The van der Waals surface area contributed by atoms with E-state index >= 15 is 0 Å². The highest BCUT2D eigenvalue weighted by atomic mass is 15.1. The molecule has 2 N–H and O–H groups in total. The van der Waals surface area contributed by atoms with Crippen LogP contribution in [-0.2, 0) is 19.4 Å². The lowest BCUT2D eigenvalue weighted by Crippen LogP contribution is -2.22. The molecule has 3 nitrogen and oxygen atoms in total. The molecule has 0 aromatic carbocycles. The summed E-state index contributed by atoms with van der Waals surface area (Å²) < 4.78 is 2.42. The molecule has 1 aromatic heterocycles. The van der Waals surface area contributed by atoms with E-state index in [2.05, 4.69) is 16.5 Å². The maximum Gasteiger partial charge on any atom is 0.109 e. The molecule has 1 aliphatic heterocycles. The predicted octanol–water partition coefficient (Wildman–Crippen LogP) is 1.56. The Kier molecular flexibility index (Phi) is 1.93. The van der Waals surface area contributed by atoms with E-state index in [0.717, 1.165) is 19.3 Å². The van der Waals surface area contributed by atoms with Crippen LogP contribution in [0.2, 0.25) is 0 Å². The van der Waals surface area contributed by atoms with Gasteiger partial charge in [0.05, 0.1) is 5.69 Å². The summed E-state index contributed by atoms with van der Waals surface area (Å²) in [6.45, 7) is 3.31. The monoisotopic (exact) mass is 205 g/mol. The van der Waals surface area contributed by atoms with Gasteiger partial charge < -0.3 is 10.3 Å². The first-order valence-corrected chi connectivity index (χ1v) is 6.02. The molecule has 1 aromatic rings. The highest BCUT2D eigenvalue weighted by Crippen LogP contribution is 2.37. The fraction of sp³-hybridized carbons (Fsp3) is 0.750. The Morgan fingerprint density at radius 2 is 2.27 bits per heavy atom. The fourth-order valence-electron chi connectivity index (χ4n) is 2.61. The Morgan fingerprint density at radius 3 is 3.00 bits per heavy atom. The molecule has 1 saturated carbocycles. The average Bonchev–Trinajstić information content (AvgIpc) is 2.65. The molecule has 0 saturated heterocycles. The molecule has 1 aliphatic carbocycles. The minimum Gasteiger partial charge on any atom is -0.332 e. The minimum absolute atomic E-state index is 0.176. The van der Waals surface area contributed by atoms with Gasteiger partial charge in [0.1, 0.15) is 5.82 Å². The molecular weight excluding hydrogens is 186 g/mol. The van der Waals surface area contributed by atoms with Crippen molar-refractivity contribution in [3.05, 3.63) is 17.2 Å². The molecule has 15 heavy (non-hydrogen) atoms. The number of imidazole rings is 1. The molecule has 0 bridgehead atoms. The number of nitrogens with zero attached hydrogens (tertiary/aromatic N) is 2. The molecule has 0 atom stereocenters. The van der Waals surface area contributed by atoms with Crippen LogP contribution in [0.1, 0.15) is 42.9 Å². The van der Waals surface area contributed by atoms with Crippen LogP contribution in [-0.4, -0.2) is 15.1 Å². The van der Waals surface area contributed by atoms with Gasteiger partial charge in [-0.1, -0.05) is 0 Å². The fourth-order valence-corrected chi connectivity index (χ4v) is 2.61. The van der Waals surface area contributed by atoms with Gasteiger partial charge in [0, 0.05) is 24.2 Å². The van der Waals surface area contributed by atoms with Crippen molar-refractivity contribution < 1.29 is 0 Å². The second-order valence-electron chi connectivity index (χ2n) is 5.18. The zero-order valence-corrected chi connectivity index (χ0v) is 9.42. The molecule has 3 rings (SSSR count). The summed E-state index contributed by atoms with van der Waals surface area (Å²) in [5.74, 6) is 1.30. The lowest BCUT2D eigenvalue weighted by Gasteiger charge is -2.10. The lowest BCUT2D eigenvalue weighted by molar-refractivity contribution is 0.583. The first kappa shape index (κ1) is 9.40. The summed E-state index contributed by atoms with van der Waals surface area (Å²) >= 11 is 0. The lowest BCUT2D eigenvalue weighted by atomic mass is 10.1. The third kappa shape index (κ3) is 1.59. The van der Waals surface area contributed by atoms with Gasteiger partial charge in [0.2, 0.25) is 0 Å². The standard InChI is InChI=1S/C12H19N3/c1-9-10(4-5-12(13)6-7-12)15-8-2-3-11(15)14-9/h2-8,13H2,1H3. The van der Waals surface area contributed by atoms with Crippen molar-refractivity contribution in [1.82, 2.24) is 9.55 Å². The number of aromatic nitrogens is 2. The zero-order valence-electron chi connectivity index (χ0n) is 9.42. The Balaban J connectivity index is 1.78. The third-order valence-corrected chi connectivity index (χ3v) is 3.89. The van der Waals surface area contributed by atoms with Crippen LogP contribution >= 0.6 is 0 Å². The Morgan fingerprint density at radius 1 is 1.47 bits per heavy atom. The van der Waals surface area contributed by atoms with E-state index in [0.29, 0.717) is 0 Å². The highest BCUT2D eigenvalue weighted by molar-refractivity contribution is 5.19. The van der Waals surface area contributed by atoms with Gasteiger partial charge in [-0.25, -0.2) is 4.98 Å². The van der Waals surface area contributed by atoms with Crippen molar-refractivity contribution in [3.63, 3.8) is 0 Å². The molecule has 82 valence electrons. The molecule has 2 aliphatic rings. The number of rotatable bonds is 3. The molecule has 0 unspecified atom stereocenters. The second-order valence-corrected chi connectivity index (χ2v) is 5.18. The van der Waals surface area contributed by atoms with Crippen molar-refractivity contribution in [2.45, 2.75) is 57.5 Å². The molecule has 0 amide bonds. The number of aryl methyl sites for hydroxylation is 2. The smallest absolute Gasteiger partial charge is 0.109 e. The summed E-state index contributed by atoms with van der Waals surface area (Å²) in [5.41, 5.74) is 8.98. The van der Waals surface area contributed by atoms with Crippen LogP contribution in [0.4, 0.5) is 0 Å². The van der Waals surface area contributed by atoms with Crippen molar-refractivity contribution in [2.24, 2.45) is 5.73 Å². The third-order valence-electron chi connectivity index (χ3n) is 3.89. The van der Waals surface area contributed by atoms with E-state index < -0.39 is 0 Å². The Hall–Kier alpha value is -0.830. The van der Waals surface area contributed by atoms with E-state index in [4.69, 9.17) is 5.73 Å². The number of hydrogen-bond acceptors (Lipinski definition) is 2. The van der Waals surface area contributed by atoms with Gasteiger partial charge in [-0.2, -0.15) is 0 Å². The number of hydrogen-bond donors (Lipinski definition) is 1. The predicted molar refractivity (Wildman–Crippen MR) is 59.8 cm³/mol. The first-order chi connectivity index (χ1) is 7.18. The number of fused-ring (bicyclic) bond motifs is 1. The van der Waals surface area contributed by atoms with E-state index in [1.807, 2.05) is 0 Å². The van der Waals surface area contributed by atoms with Gasteiger partial charge in [-0.15, -0.1) is 0 Å². The van der Waals surface area contributed by atoms with Gasteiger partial charge in [0.15, 0.2) is 0 Å². The second kappa shape index (κ2) is 3.08. The molecular formula is C12H19N3. The largest absolute Gasteiger partial charge is 0.332 e. The Bertz CT molecular complexity index is 388. The summed E-state index contributed by atoms with van der Waals surface area (Å²) in [6, 6.07) is 0. The van der Waals surface area contributed by atoms with Crippen LogP contribution in [0.15, 0.2) is 0 Å². The quantitative estimate of drug-likeness (QED) is 0.814. The SMILES string of the molecule is Cc1nc2n(c1CCC1(N)CC1)CCC2. The van der Waals surface area contributed by atoms with E-state index in [1.54, 1.807) is 0 Å². The topological polar surface area (TPSA) is 43.8 Å². The van der Waals surface area contributed by atoms with Crippen LogP contribution < -0.4 is 5.73 Å². The van der Waals surface area contributed by atoms with Gasteiger partial charge in [-0.3, -0.25) is 0 Å². The summed E-state index contributed by atoms with van der Waals surface area (Å²) in [4.78, 5) is 4.63. The van der Waals surface area contributed by atoms with Crippen LogP contribution in [0.3, 0.4) is 0 Å². The maximum absolute atomic E-state index is 6.13. The van der Waals surface area contributed by atoms with Crippen LogP contribution in [0.5, 0.6) is 0 Å². The molecule has 0 radical (unpaired) electrons. The van der Waals surface area contributed by atoms with Crippen LogP contribution in [0, 0.1) is 6.92 Å². The Labute approximate surface area is 90.7 Å². The average molecular weight is 205 g/mol. The number of nitrogens with two attached hydrogens (primary N) is 1. The molecule has 3 heteroatoms. The van der Waals surface area contributed by atoms with Crippen LogP contribution in [0.25, 0.3) is 0 Å². The van der Waals surface area contributed by atoms with Gasteiger partial charge in [0.25, 0.3) is 0 Å². The zero-order chi connectivity index (χ0) is 10.5. The van der Waals surface area contributed by atoms with Crippen molar-refractivity contribution >= 4 is 0 Å². The van der Waals surface area contributed by atoms with Crippen molar-refractivity contribution in [1.29, 1.82) is 0 Å². The van der Waals surface area contributed by atoms with Crippen molar-refractivity contribution in [3.8, 4) is 0 Å². The summed E-state index contributed by atoms with van der Waals surface area (Å²) in [5, 5.41) is 0. The van der Waals surface area contributed by atoms with E-state index in [9.17, 15) is 0 Å². The minimum atomic E-state index is 0.176. The van der Waals surface area contributed by atoms with E-state index in [-0.39, 0.29) is 5.54 Å². The molecule has 0 spiro atoms. The van der Waals surface area contributed by atoms with Crippen molar-refractivity contribution in [2.75, 3.05) is 0 Å². The highest BCUT2D eigenvalue weighted by Gasteiger charge is 2.37. The molecule has 2 heterocycles. The molecule has 1 fully saturated rings. The summed E-state index contributed by atoms with van der Waals surface area (Å²) in [6.07, 6.45) is 7.12. The normalized spacial score (nSPS) is 21.7. The first-order valence-electron chi connectivity index (χ1n) is 6.02. The van der Waals surface area contributed by atoms with Gasteiger partial charge >= 0.3 is 0 Å². The van der Waals surface area contributed by atoms with E-state index in [1.165, 1.54) is 43.0 Å². The summed E-state index contributed by atoms with van der Waals surface area (Å²) in [7, 11) is 0. The maximum atomic E-state index is 6.13.